The summed E-state index contributed by atoms with van der Waals surface area (Å²) < 4.78 is 26.3. The monoisotopic (exact) mass is 282 g/mol. The number of hydrogen-bond donors (Lipinski definition) is 1. The molecule has 0 unspecified atom stereocenters. The highest BCUT2D eigenvalue weighted by Crippen LogP contribution is 2.20. The zero-order chi connectivity index (χ0) is 14.6. The van der Waals surface area contributed by atoms with Gasteiger partial charge < -0.3 is 5.32 Å². The van der Waals surface area contributed by atoms with Gasteiger partial charge in [0.05, 0.1) is 0 Å². The Labute approximate surface area is 120 Å². The summed E-state index contributed by atoms with van der Waals surface area (Å²) in [5.41, 5.74) is 0.936. The normalized spacial score (nSPS) is 19.2. The molecule has 1 saturated heterocycles. The van der Waals surface area contributed by atoms with E-state index >= 15 is 0 Å². The molecule has 1 fully saturated rings. The molecule has 112 valence electrons. The predicted octanol–water partition coefficient (Wildman–Crippen LogP) is 2.97. The van der Waals surface area contributed by atoms with Gasteiger partial charge in [0.15, 0.2) is 0 Å². The van der Waals surface area contributed by atoms with Crippen LogP contribution >= 0.6 is 0 Å². The third-order valence-corrected chi connectivity index (χ3v) is 4.45. The van der Waals surface area contributed by atoms with Crippen LogP contribution in [0.25, 0.3) is 0 Å². The fourth-order valence-corrected chi connectivity index (χ4v) is 3.00. The minimum absolute atomic E-state index is 0.200. The summed E-state index contributed by atoms with van der Waals surface area (Å²) in [6.45, 7) is 8.27. The van der Waals surface area contributed by atoms with Crippen LogP contribution in [-0.4, -0.2) is 36.6 Å². The van der Waals surface area contributed by atoms with E-state index in [0.29, 0.717) is 6.42 Å². The van der Waals surface area contributed by atoms with E-state index in [2.05, 4.69) is 24.1 Å². The van der Waals surface area contributed by atoms with Crippen LogP contribution in [0.2, 0.25) is 0 Å². The maximum Gasteiger partial charge on any atom is 0.126 e. The van der Waals surface area contributed by atoms with Gasteiger partial charge in [0, 0.05) is 37.8 Å². The molecule has 0 bridgehead atoms. The molecule has 1 aromatic rings. The Kier molecular flexibility index (Phi) is 5.11. The Hall–Kier alpha value is -1.00. The van der Waals surface area contributed by atoms with Crippen LogP contribution in [0.1, 0.15) is 32.3 Å². The minimum atomic E-state index is -0.489. The van der Waals surface area contributed by atoms with Crippen molar-refractivity contribution < 1.29 is 8.78 Å². The van der Waals surface area contributed by atoms with Crippen LogP contribution in [0.5, 0.6) is 0 Å². The predicted molar refractivity (Wildman–Crippen MR) is 77.8 cm³/mol. The molecule has 1 aliphatic heterocycles. The molecule has 0 atom stereocenters. The van der Waals surface area contributed by atoms with Crippen molar-refractivity contribution in [3.63, 3.8) is 0 Å². The SMILES string of the molecule is CCC1(CC)CN(CCc2cc(F)cc(F)c2)CCN1. The van der Waals surface area contributed by atoms with Crippen molar-refractivity contribution in [1.29, 1.82) is 0 Å². The van der Waals surface area contributed by atoms with E-state index in [1.54, 1.807) is 0 Å². The van der Waals surface area contributed by atoms with Crippen LogP contribution in [-0.2, 0) is 6.42 Å². The standard InChI is InChI=1S/C16H24F2N2/c1-3-16(4-2)12-20(8-6-19-16)7-5-13-9-14(17)11-15(18)10-13/h9-11,19H,3-8,12H2,1-2H3. The van der Waals surface area contributed by atoms with Crippen molar-refractivity contribution in [3.05, 3.63) is 35.4 Å². The number of rotatable bonds is 5. The quantitative estimate of drug-likeness (QED) is 0.893. The Morgan fingerprint density at radius 2 is 1.80 bits per heavy atom. The van der Waals surface area contributed by atoms with Crippen molar-refractivity contribution in [2.45, 2.75) is 38.6 Å². The van der Waals surface area contributed by atoms with Crippen LogP contribution in [0.15, 0.2) is 18.2 Å². The van der Waals surface area contributed by atoms with Gasteiger partial charge >= 0.3 is 0 Å². The molecule has 0 aromatic heterocycles. The molecule has 2 rings (SSSR count). The van der Waals surface area contributed by atoms with Crippen molar-refractivity contribution >= 4 is 0 Å². The lowest BCUT2D eigenvalue weighted by Gasteiger charge is -2.43. The largest absolute Gasteiger partial charge is 0.309 e. The van der Waals surface area contributed by atoms with Crippen molar-refractivity contribution in [2.75, 3.05) is 26.2 Å². The Morgan fingerprint density at radius 3 is 2.40 bits per heavy atom. The number of piperazine rings is 1. The van der Waals surface area contributed by atoms with Crippen LogP contribution in [0, 0.1) is 11.6 Å². The third-order valence-electron chi connectivity index (χ3n) is 4.45. The maximum atomic E-state index is 13.2. The van der Waals surface area contributed by atoms with E-state index < -0.39 is 11.6 Å². The number of halogens is 2. The van der Waals surface area contributed by atoms with Crippen LogP contribution in [0.4, 0.5) is 8.78 Å². The smallest absolute Gasteiger partial charge is 0.126 e. The zero-order valence-electron chi connectivity index (χ0n) is 12.4. The third kappa shape index (κ3) is 3.76. The molecule has 0 spiro atoms. The van der Waals surface area contributed by atoms with Gasteiger partial charge in [-0.2, -0.15) is 0 Å². The summed E-state index contributed by atoms with van der Waals surface area (Å²) in [4.78, 5) is 2.40. The lowest BCUT2D eigenvalue weighted by atomic mass is 9.90. The van der Waals surface area contributed by atoms with Crippen molar-refractivity contribution in [2.24, 2.45) is 0 Å². The maximum absolute atomic E-state index is 13.2. The average Bonchev–Trinajstić information content (AvgIpc) is 2.44. The van der Waals surface area contributed by atoms with Crippen LogP contribution < -0.4 is 5.32 Å². The van der Waals surface area contributed by atoms with Crippen LogP contribution in [0.3, 0.4) is 0 Å². The summed E-state index contributed by atoms with van der Waals surface area (Å²) in [6.07, 6.45) is 2.90. The summed E-state index contributed by atoms with van der Waals surface area (Å²) in [5.74, 6) is -0.978. The first-order valence-corrected chi connectivity index (χ1v) is 7.49. The second kappa shape index (κ2) is 6.64. The topological polar surface area (TPSA) is 15.3 Å². The van der Waals surface area contributed by atoms with E-state index in [1.807, 2.05) is 0 Å². The Morgan fingerprint density at radius 1 is 1.15 bits per heavy atom. The molecule has 1 N–H and O–H groups in total. The highest BCUT2D eigenvalue weighted by atomic mass is 19.1. The van der Waals surface area contributed by atoms with Gasteiger partial charge in [-0.3, -0.25) is 4.90 Å². The minimum Gasteiger partial charge on any atom is -0.309 e. The van der Waals surface area contributed by atoms with E-state index in [4.69, 9.17) is 0 Å². The van der Waals surface area contributed by atoms with Gasteiger partial charge in [0.1, 0.15) is 11.6 Å². The van der Waals surface area contributed by atoms with Gasteiger partial charge in [-0.15, -0.1) is 0 Å². The molecule has 0 saturated carbocycles. The van der Waals surface area contributed by atoms with Crippen molar-refractivity contribution in [1.82, 2.24) is 10.2 Å². The molecular formula is C16H24F2N2. The lowest BCUT2D eigenvalue weighted by molar-refractivity contribution is 0.125. The summed E-state index contributed by atoms with van der Waals surface area (Å²) >= 11 is 0. The first kappa shape index (κ1) is 15.4. The number of benzene rings is 1. The van der Waals surface area contributed by atoms with Gasteiger partial charge in [-0.1, -0.05) is 13.8 Å². The summed E-state index contributed by atoms with van der Waals surface area (Å²) in [5, 5.41) is 3.62. The first-order valence-electron chi connectivity index (χ1n) is 7.49. The Bertz CT molecular complexity index is 424. The molecule has 20 heavy (non-hydrogen) atoms. The number of nitrogens with zero attached hydrogens (tertiary/aromatic N) is 1. The molecule has 1 aromatic carbocycles. The fraction of sp³-hybridized carbons (Fsp3) is 0.625. The fourth-order valence-electron chi connectivity index (χ4n) is 3.00. The second-order valence-corrected chi connectivity index (χ2v) is 5.72. The molecule has 1 aliphatic rings. The van der Waals surface area contributed by atoms with Gasteiger partial charge in [0.2, 0.25) is 0 Å². The van der Waals surface area contributed by atoms with E-state index in [9.17, 15) is 8.78 Å². The van der Waals surface area contributed by atoms with Gasteiger partial charge in [-0.25, -0.2) is 8.78 Å². The highest BCUT2D eigenvalue weighted by Gasteiger charge is 2.31. The molecule has 1 heterocycles. The number of nitrogens with one attached hydrogen (secondary N) is 1. The second-order valence-electron chi connectivity index (χ2n) is 5.72. The lowest BCUT2D eigenvalue weighted by Crippen LogP contribution is -2.60. The summed E-state index contributed by atoms with van der Waals surface area (Å²) in [6, 6.07) is 3.78. The molecular weight excluding hydrogens is 258 g/mol. The summed E-state index contributed by atoms with van der Waals surface area (Å²) in [7, 11) is 0. The molecule has 0 aliphatic carbocycles. The first-order chi connectivity index (χ1) is 9.57. The Balaban J connectivity index is 1.93. The molecule has 2 nitrogen and oxygen atoms in total. The molecule has 0 amide bonds. The molecule has 4 heteroatoms. The van der Waals surface area contributed by atoms with Crippen molar-refractivity contribution in [3.8, 4) is 0 Å². The number of hydrogen-bond acceptors (Lipinski definition) is 2. The van der Waals surface area contributed by atoms with Gasteiger partial charge in [-0.05, 0) is 37.0 Å². The highest BCUT2D eigenvalue weighted by molar-refractivity contribution is 5.18. The van der Waals surface area contributed by atoms with Gasteiger partial charge in [0.25, 0.3) is 0 Å². The zero-order valence-corrected chi connectivity index (χ0v) is 12.4. The average molecular weight is 282 g/mol. The van der Waals surface area contributed by atoms with E-state index in [-0.39, 0.29) is 5.54 Å². The van der Waals surface area contributed by atoms with E-state index in [0.717, 1.165) is 50.7 Å². The molecule has 0 radical (unpaired) electrons. The van der Waals surface area contributed by atoms with E-state index in [1.165, 1.54) is 12.1 Å².